The third-order valence-corrected chi connectivity index (χ3v) is 4.85. The molecule has 0 atom stereocenters. The van der Waals surface area contributed by atoms with E-state index >= 15 is 0 Å². The second-order valence-electron chi connectivity index (χ2n) is 5.08. The van der Waals surface area contributed by atoms with E-state index in [0.717, 1.165) is 12.2 Å². The molecule has 0 spiro atoms. The summed E-state index contributed by atoms with van der Waals surface area (Å²) in [6.07, 6.45) is 4.78. The van der Waals surface area contributed by atoms with Gasteiger partial charge in [-0.05, 0) is 31.4 Å². The smallest absolute Gasteiger partial charge is 0.227 e. The van der Waals surface area contributed by atoms with E-state index in [1.54, 1.807) is 18.4 Å². The summed E-state index contributed by atoms with van der Waals surface area (Å²) >= 11 is 1.78. The molecule has 1 heterocycles. The second kappa shape index (κ2) is 7.18. The van der Waals surface area contributed by atoms with Crippen LogP contribution in [0.4, 0.5) is 0 Å². The van der Waals surface area contributed by atoms with Gasteiger partial charge in [0.05, 0.1) is 12.0 Å². The number of halogens is 1. The van der Waals surface area contributed by atoms with E-state index in [0.29, 0.717) is 12.1 Å². The van der Waals surface area contributed by atoms with Crippen LogP contribution in [0.15, 0.2) is 29.8 Å². The molecule has 0 radical (unpaired) electrons. The Balaban J connectivity index is 0.00000161. The zero-order chi connectivity index (χ0) is 13.9. The van der Waals surface area contributed by atoms with Gasteiger partial charge < -0.3 is 21.7 Å². The van der Waals surface area contributed by atoms with Crippen LogP contribution in [-0.2, 0) is 19.4 Å². The molecule has 3 nitrogen and oxygen atoms in total. The zero-order valence-corrected chi connectivity index (χ0v) is 14.4. The first-order valence-corrected chi connectivity index (χ1v) is 7.82. The average molecular weight is 368 g/mol. The summed E-state index contributed by atoms with van der Waals surface area (Å²) in [5.74, 6) is 0.869. The van der Waals surface area contributed by atoms with Gasteiger partial charge in [0.15, 0.2) is 5.69 Å². The van der Waals surface area contributed by atoms with Crippen LogP contribution in [0, 0.1) is 0 Å². The molecule has 0 amide bonds. The minimum absolute atomic E-state index is 0. The minimum Gasteiger partial charge on any atom is -1.00 e. The number of ether oxygens (including phenoxy) is 1. The molecular formula is C16H18BrNO2S. The maximum absolute atomic E-state index is 12.4. The van der Waals surface area contributed by atoms with Gasteiger partial charge in [-0.1, -0.05) is 23.5 Å². The van der Waals surface area contributed by atoms with Crippen LogP contribution >= 0.6 is 11.3 Å². The predicted octanol–water partition coefficient (Wildman–Crippen LogP) is -0.190. The molecule has 0 bridgehead atoms. The number of hydrogen-bond donors (Lipinski definition) is 0. The lowest BCUT2D eigenvalue weighted by Crippen LogP contribution is -3.00. The van der Waals surface area contributed by atoms with E-state index < -0.39 is 0 Å². The van der Waals surface area contributed by atoms with E-state index in [4.69, 9.17) is 4.74 Å². The normalized spacial score (nSPS) is 13.2. The fourth-order valence-corrected chi connectivity index (χ4v) is 3.73. The largest absolute Gasteiger partial charge is 1.00 e. The summed E-state index contributed by atoms with van der Waals surface area (Å²) in [6.45, 7) is 0.430. The molecule has 1 aromatic heterocycles. The number of ketones is 1. The van der Waals surface area contributed by atoms with Crippen molar-refractivity contribution in [3.8, 4) is 5.75 Å². The Morgan fingerprint density at radius 3 is 2.95 bits per heavy atom. The number of methoxy groups -OCH3 is 1. The SMILES string of the molecule is COc1cccc(C(=O)C[n+]2csc3c2CCCC3)c1.[Br-]. The Kier molecular flexibility index (Phi) is 5.53. The molecule has 1 aromatic carbocycles. The Labute approximate surface area is 139 Å². The van der Waals surface area contributed by atoms with Gasteiger partial charge in [-0.15, -0.1) is 0 Å². The molecule has 0 N–H and O–H groups in total. The third-order valence-electron chi connectivity index (χ3n) is 3.76. The van der Waals surface area contributed by atoms with Gasteiger partial charge in [-0.3, -0.25) is 4.79 Å². The van der Waals surface area contributed by atoms with Gasteiger partial charge in [0.25, 0.3) is 0 Å². The van der Waals surface area contributed by atoms with Crippen LogP contribution in [0.2, 0.25) is 0 Å². The van der Waals surface area contributed by atoms with Crippen molar-refractivity contribution in [2.45, 2.75) is 32.2 Å². The number of carbonyl (C=O) groups excluding carboxylic acids is 1. The van der Waals surface area contributed by atoms with E-state index in [-0.39, 0.29) is 22.8 Å². The van der Waals surface area contributed by atoms with Crippen molar-refractivity contribution in [1.29, 1.82) is 0 Å². The molecule has 1 aliphatic carbocycles. The molecular weight excluding hydrogens is 350 g/mol. The molecule has 0 saturated carbocycles. The first-order chi connectivity index (χ1) is 9.78. The number of nitrogens with zero attached hydrogens (tertiary/aromatic N) is 1. The Morgan fingerprint density at radius 2 is 2.14 bits per heavy atom. The van der Waals surface area contributed by atoms with E-state index in [1.165, 1.54) is 29.8 Å². The maximum atomic E-state index is 12.4. The van der Waals surface area contributed by atoms with Crippen molar-refractivity contribution in [2.75, 3.05) is 7.11 Å². The van der Waals surface area contributed by atoms with Crippen molar-refractivity contribution in [2.24, 2.45) is 0 Å². The highest BCUT2D eigenvalue weighted by molar-refractivity contribution is 7.09. The summed E-state index contributed by atoms with van der Waals surface area (Å²) in [5.41, 5.74) is 4.17. The molecule has 1 aliphatic rings. The first-order valence-electron chi connectivity index (χ1n) is 6.94. The van der Waals surface area contributed by atoms with E-state index in [2.05, 4.69) is 10.1 Å². The predicted molar refractivity (Wildman–Crippen MR) is 78.5 cm³/mol. The van der Waals surface area contributed by atoms with Crippen molar-refractivity contribution >= 4 is 17.1 Å². The van der Waals surface area contributed by atoms with Crippen LogP contribution in [0.5, 0.6) is 5.75 Å². The lowest BCUT2D eigenvalue weighted by Gasteiger charge is -2.07. The van der Waals surface area contributed by atoms with Crippen LogP contribution < -0.4 is 26.3 Å². The molecule has 0 aliphatic heterocycles. The molecule has 3 rings (SSSR count). The molecule has 0 unspecified atom stereocenters. The fourth-order valence-electron chi connectivity index (χ4n) is 2.66. The highest BCUT2D eigenvalue weighted by Crippen LogP contribution is 2.22. The molecule has 5 heteroatoms. The standard InChI is InChI=1S/C16H18NO2S.BrH/c1-19-13-6-4-5-12(9-13)15(18)10-17-11-20-16-8-3-2-7-14(16)17;/h4-6,9,11H,2-3,7-8,10H2,1H3;1H/q+1;/p-1. The molecule has 21 heavy (non-hydrogen) atoms. The topological polar surface area (TPSA) is 30.2 Å². The van der Waals surface area contributed by atoms with Gasteiger partial charge in [-0.2, -0.15) is 4.57 Å². The molecule has 112 valence electrons. The monoisotopic (exact) mass is 367 g/mol. The highest BCUT2D eigenvalue weighted by Gasteiger charge is 2.24. The number of fused-ring (bicyclic) bond motifs is 1. The second-order valence-corrected chi connectivity index (χ2v) is 6.02. The third kappa shape index (κ3) is 3.52. The van der Waals surface area contributed by atoms with Crippen LogP contribution in [0.3, 0.4) is 0 Å². The number of benzene rings is 1. The highest BCUT2D eigenvalue weighted by atomic mass is 79.9. The van der Waals surface area contributed by atoms with Crippen molar-refractivity contribution in [1.82, 2.24) is 0 Å². The number of carbonyl (C=O) groups is 1. The average Bonchev–Trinajstić information content (AvgIpc) is 2.90. The summed E-state index contributed by atoms with van der Waals surface area (Å²) < 4.78 is 7.30. The minimum atomic E-state index is 0. The fraction of sp³-hybridized carbons (Fsp3) is 0.375. The number of aromatic nitrogens is 1. The van der Waals surface area contributed by atoms with Gasteiger partial charge in [0.1, 0.15) is 5.75 Å². The Morgan fingerprint density at radius 1 is 1.33 bits per heavy atom. The number of rotatable bonds is 4. The molecule has 0 saturated heterocycles. The summed E-state index contributed by atoms with van der Waals surface area (Å²) in [5, 5.41) is 0. The molecule has 0 fully saturated rings. The lowest BCUT2D eigenvalue weighted by molar-refractivity contribution is -0.686. The Bertz CT molecular complexity index is 639. The van der Waals surface area contributed by atoms with Gasteiger partial charge in [0.2, 0.25) is 17.8 Å². The maximum Gasteiger partial charge on any atom is 0.227 e. The van der Waals surface area contributed by atoms with Gasteiger partial charge >= 0.3 is 0 Å². The number of hydrogen-bond acceptors (Lipinski definition) is 3. The number of aryl methyl sites for hydroxylation is 1. The van der Waals surface area contributed by atoms with E-state index in [9.17, 15) is 4.79 Å². The van der Waals surface area contributed by atoms with Gasteiger partial charge in [-0.25, -0.2) is 0 Å². The van der Waals surface area contributed by atoms with Crippen molar-refractivity contribution in [3.63, 3.8) is 0 Å². The van der Waals surface area contributed by atoms with Crippen LogP contribution in [0.25, 0.3) is 0 Å². The van der Waals surface area contributed by atoms with Gasteiger partial charge in [0, 0.05) is 12.0 Å². The first kappa shape index (κ1) is 16.2. The zero-order valence-electron chi connectivity index (χ0n) is 12.0. The quantitative estimate of drug-likeness (QED) is 0.553. The summed E-state index contributed by atoms with van der Waals surface area (Å²) in [4.78, 5) is 13.8. The Hall–Kier alpha value is -1.20. The van der Waals surface area contributed by atoms with Crippen molar-refractivity contribution in [3.05, 3.63) is 45.9 Å². The van der Waals surface area contributed by atoms with Crippen LogP contribution in [-0.4, -0.2) is 12.9 Å². The lowest BCUT2D eigenvalue weighted by atomic mass is 10.0. The summed E-state index contributed by atoms with van der Waals surface area (Å²) in [7, 11) is 1.62. The number of Topliss-reactive ketones (excluding diaryl/α,β-unsaturated/α-hetero) is 1. The van der Waals surface area contributed by atoms with Crippen molar-refractivity contribution < 1.29 is 31.1 Å². The summed E-state index contributed by atoms with van der Waals surface area (Å²) in [6, 6.07) is 7.38. The number of thiazole rings is 1. The van der Waals surface area contributed by atoms with E-state index in [1.807, 2.05) is 24.3 Å². The van der Waals surface area contributed by atoms with Crippen LogP contribution in [0.1, 0.15) is 33.8 Å². The molecule has 2 aromatic rings.